The van der Waals surface area contributed by atoms with Crippen LogP contribution < -0.4 is 5.32 Å². The van der Waals surface area contributed by atoms with Crippen molar-refractivity contribution in [1.29, 1.82) is 0 Å². The van der Waals surface area contributed by atoms with E-state index in [4.69, 9.17) is 0 Å². The van der Waals surface area contributed by atoms with Gasteiger partial charge in [0.2, 0.25) is 0 Å². The van der Waals surface area contributed by atoms with E-state index < -0.39 is 0 Å². The Morgan fingerprint density at radius 3 is 2.42 bits per heavy atom. The maximum atomic E-state index is 3.65. The Labute approximate surface area is 119 Å². The van der Waals surface area contributed by atoms with Crippen molar-refractivity contribution in [3.05, 3.63) is 35.9 Å². The summed E-state index contributed by atoms with van der Waals surface area (Å²) in [6, 6.07) is 10.8. The molecule has 1 aromatic carbocycles. The van der Waals surface area contributed by atoms with Gasteiger partial charge in [0.15, 0.2) is 0 Å². The summed E-state index contributed by atoms with van der Waals surface area (Å²) in [6.45, 7) is 9.25. The molecule has 1 rings (SSSR count). The highest BCUT2D eigenvalue weighted by Gasteiger charge is 2.07. The molecule has 1 heteroatoms. The molecule has 0 saturated carbocycles. The lowest BCUT2D eigenvalue weighted by Gasteiger charge is -2.17. The second-order valence-electron chi connectivity index (χ2n) is 5.72. The highest BCUT2D eigenvalue weighted by molar-refractivity contribution is 5.18. The summed E-state index contributed by atoms with van der Waals surface area (Å²) in [5.41, 5.74) is 1.46. The molecule has 0 spiro atoms. The van der Waals surface area contributed by atoms with Crippen molar-refractivity contribution in [3.63, 3.8) is 0 Å². The van der Waals surface area contributed by atoms with E-state index in [0.29, 0.717) is 5.92 Å². The fourth-order valence-corrected chi connectivity index (χ4v) is 2.52. The molecule has 1 N–H and O–H groups in total. The summed E-state index contributed by atoms with van der Waals surface area (Å²) in [6.07, 6.45) is 6.62. The third-order valence-electron chi connectivity index (χ3n) is 4.10. The summed E-state index contributed by atoms with van der Waals surface area (Å²) in [4.78, 5) is 0. The first-order valence-electron chi connectivity index (χ1n) is 8.03. The van der Waals surface area contributed by atoms with Gasteiger partial charge in [-0.1, -0.05) is 70.4 Å². The fourth-order valence-electron chi connectivity index (χ4n) is 2.52. The van der Waals surface area contributed by atoms with Gasteiger partial charge < -0.3 is 5.32 Å². The second kappa shape index (κ2) is 10.0. The van der Waals surface area contributed by atoms with Gasteiger partial charge >= 0.3 is 0 Å². The number of nitrogens with one attached hydrogen (secondary N) is 1. The van der Waals surface area contributed by atoms with Gasteiger partial charge in [0.05, 0.1) is 0 Å². The number of hydrogen-bond acceptors (Lipinski definition) is 1. The van der Waals surface area contributed by atoms with E-state index in [2.05, 4.69) is 56.4 Å². The second-order valence-corrected chi connectivity index (χ2v) is 5.72. The Morgan fingerprint density at radius 2 is 1.79 bits per heavy atom. The highest BCUT2D eigenvalue weighted by Crippen LogP contribution is 2.17. The number of hydrogen-bond donors (Lipinski definition) is 1. The van der Waals surface area contributed by atoms with Crippen LogP contribution in [0.5, 0.6) is 0 Å². The minimum atomic E-state index is 0.657. The molecule has 0 aromatic heterocycles. The van der Waals surface area contributed by atoms with Crippen LogP contribution in [-0.4, -0.2) is 13.1 Å². The predicted molar refractivity (Wildman–Crippen MR) is 85.6 cm³/mol. The molecule has 0 heterocycles. The third kappa shape index (κ3) is 6.77. The van der Waals surface area contributed by atoms with Crippen LogP contribution in [0, 0.1) is 5.92 Å². The summed E-state index contributed by atoms with van der Waals surface area (Å²) in [5.74, 6) is 1.52. The van der Waals surface area contributed by atoms with Gasteiger partial charge in [0.1, 0.15) is 0 Å². The van der Waals surface area contributed by atoms with Crippen LogP contribution in [-0.2, 0) is 0 Å². The lowest BCUT2D eigenvalue weighted by molar-refractivity contribution is 0.415. The zero-order valence-electron chi connectivity index (χ0n) is 13.0. The molecule has 0 bridgehead atoms. The van der Waals surface area contributed by atoms with Crippen molar-refractivity contribution in [2.45, 2.75) is 58.8 Å². The van der Waals surface area contributed by atoms with Crippen molar-refractivity contribution in [1.82, 2.24) is 5.32 Å². The predicted octanol–water partition coefficient (Wildman–Crippen LogP) is 4.99. The van der Waals surface area contributed by atoms with Crippen molar-refractivity contribution in [2.75, 3.05) is 13.1 Å². The Balaban J connectivity index is 2.16. The zero-order chi connectivity index (χ0) is 13.9. The molecule has 0 aliphatic carbocycles. The zero-order valence-corrected chi connectivity index (χ0v) is 13.0. The number of rotatable bonds is 10. The summed E-state index contributed by atoms with van der Waals surface area (Å²) < 4.78 is 0. The molecule has 0 fully saturated rings. The van der Waals surface area contributed by atoms with Gasteiger partial charge in [-0.15, -0.1) is 0 Å². The van der Waals surface area contributed by atoms with Crippen molar-refractivity contribution in [2.24, 2.45) is 5.92 Å². The fraction of sp³-hybridized carbons (Fsp3) is 0.667. The van der Waals surface area contributed by atoms with Crippen molar-refractivity contribution in [3.8, 4) is 0 Å². The van der Waals surface area contributed by atoms with E-state index in [0.717, 1.165) is 12.5 Å². The SMILES string of the molecule is CCCCC(CC)CNCCC(C)c1ccccc1. The molecule has 2 unspecified atom stereocenters. The van der Waals surface area contributed by atoms with Crippen LogP contribution in [0.2, 0.25) is 0 Å². The van der Waals surface area contributed by atoms with Gasteiger partial charge in [-0.3, -0.25) is 0 Å². The van der Waals surface area contributed by atoms with Gasteiger partial charge in [-0.25, -0.2) is 0 Å². The average Bonchev–Trinajstić information content (AvgIpc) is 2.47. The largest absolute Gasteiger partial charge is 0.316 e. The maximum absolute atomic E-state index is 3.65. The molecule has 108 valence electrons. The van der Waals surface area contributed by atoms with Crippen LogP contribution in [0.25, 0.3) is 0 Å². The molecule has 0 amide bonds. The Hall–Kier alpha value is -0.820. The molecule has 0 radical (unpaired) electrons. The maximum Gasteiger partial charge on any atom is -0.00206 e. The Bertz CT molecular complexity index is 307. The first kappa shape index (κ1) is 16.2. The van der Waals surface area contributed by atoms with Crippen molar-refractivity contribution < 1.29 is 0 Å². The van der Waals surface area contributed by atoms with E-state index in [1.54, 1.807) is 0 Å². The lowest BCUT2D eigenvalue weighted by Crippen LogP contribution is -2.24. The van der Waals surface area contributed by atoms with Crippen molar-refractivity contribution >= 4 is 0 Å². The average molecular weight is 261 g/mol. The molecular formula is C18H31N. The number of benzene rings is 1. The summed E-state index contributed by atoms with van der Waals surface area (Å²) in [5, 5.41) is 3.65. The lowest BCUT2D eigenvalue weighted by atomic mass is 9.97. The smallest absolute Gasteiger partial charge is 0.00206 e. The standard InChI is InChI=1S/C18H31N/c1-4-6-10-17(5-2)15-19-14-13-16(3)18-11-8-7-9-12-18/h7-9,11-12,16-17,19H,4-6,10,13-15H2,1-3H3. The third-order valence-corrected chi connectivity index (χ3v) is 4.10. The highest BCUT2D eigenvalue weighted by atomic mass is 14.9. The molecule has 19 heavy (non-hydrogen) atoms. The molecule has 0 aliphatic rings. The molecule has 1 nitrogen and oxygen atoms in total. The van der Waals surface area contributed by atoms with Crippen LogP contribution in [0.1, 0.15) is 64.4 Å². The van der Waals surface area contributed by atoms with Crippen LogP contribution >= 0.6 is 0 Å². The normalized spacial score (nSPS) is 14.3. The van der Waals surface area contributed by atoms with Crippen LogP contribution in [0.3, 0.4) is 0 Å². The topological polar surface area (TPSA) is 12.0 Å². The number of unbranched alkanes of at least 4 members (excludes halogenated alkanes) is 1. The van der Waals surface area contributed by atoms with E-state index in [1.165, 1.54) is 44.2 Å². The van der Waals surface area contributed by atoms with Crippen LogP contribution in [0.15, 0.2) is 30.3 Å². The van der Waals surface area contributed by atoms with E-state index >= 15 is 0 Å². The Kier molecular flexibility index (Phi) is 8.57. The quantitative estimate of drug-likeness (QED) is 0.585. The van der Waals surface area contributed by atoms with Gasteiger partial charge in [0.25, 0.3) is 0 Å². The summed E-state index contributed by atoms with van der Waals surface area (Å²) in [7, 11) is 0. The van der Waals surface area contributed by atoms with E-state index in [1.807, 2.05) is 0 Å². The van der Waals surface area contributed by atoms with Gasteiger partial charge in [-0.2, -0.15) is 0 Å². The van der Waals surface area contributed by atoms with E-state index in [-0.39, 0.29) is 0 Å². The first-order valence-corrected chi connectivity index (χ1v) is 8.03. The van der Waals surface area contributed by atoms with E-state index in [9.17, 15) is 0 Å². The molecular weight excluding hydrogens is 230 g/mol. The molecule has 0 saturated heterocycles. The molecule has 0 aliphatic heterocycles. The van der Waals surface area contributed by atoms with Crippen LogP contribution in [0.4, 0.5) is 0 Å². The van der Waals surface area contributed by atoms with Gasteiger partial charge in [-0.05, 0) is 43.3 Å². The van der Waals surface area contributed by atoms with Gasteiger partial charge in [0, 0.05) is 0 Å². The monoisotopic (exact) mass is 261 g/mol. The minimum Gasteiger partial charge on any atom is -0.316 e. The molecule has 2 atom stereocenters. The molecule has 1 aromatic rings. The first-order chi connectivity index (χ1) is 9.27. The summed E-state index contributed by atoms with van der Waals surface area (Å²) >= 11 is 0. The minimum absolute atomic E-state index is 0.657. The Morgan fingerprint density at radius 1 is 1.05 bits per heavy atom.